The molecule has 3 aromatic rings. The highest BCUT2D eigenvalue weighted by Gasteiger charge is 2.07. The molecule has 2 aromatic heterocycles. The summed E-state index contributed by atoms with van der Waals surface area (Å²) in [4.78, 5) is 4.48. The molecular weight excluding hydrogens is 326 g/mol. The second-order valence-corrected chi connectivity index (χ2v) is 6.37. The summed E-state index contributed by atoms with van der Waals surface area (Å²) < 4.78 is 5.56. The van der Waals surface area contributed by atoms with Gasteiger partial charge in [0.05, 0.1) is 0 Å². The minimum atomic E-state index is 0.885. The lowest BCUT2D eigenvalue weighted by Crippen LogP contribution is -2.04. The molecule has 0 aliphatic heterocycles. The van der Waals surface area contributed by atoms with E-state index in [2.05, 4.69) is 74.6 Å². The Bertz CT molecular complexity index is 755. The Morgan fingerprint density at radius 1 is 1.29 bits per heavy atom. The summed E-state index contributed by atoms with van der Waals surface area (Å²) in [5, 5.41) is 1.27. The van der Waals surface area contributed by atoms with E-state index >= 15 is 0 Å². The second kappa shape index (κ2) is 6.06. The van der Waals surface area contributed by atoms with Gasteiger partial charge in [-0.15, -0.1) is 0 Å². The molecule has 0 radical (unpaired) electrons. The van der Waals surface area contributed by atoms with E-state index in [0.29, 0.717) is 0 Å². The number of aryl methyl sites for hydroxylation is 2. The minimum absolute atomic E-state index is 0.885. The summed E-state index contributed by atoms with van der Waals surface area (Å²) in [7, 11) is 2.07. The normalized spacial score (nSPS) is 11.4. The van der Waals surface area contributed by atoms with Crippen molar-refractivity contribution in [2.24, 2.45) is 7.05 Å². The van der Waals surface area contributed by atoms with E-state index in [4.69, 9.17) is 0 Å². The monoisotopic (exact) mass is 345 g/mol. The Balaban J connectivity index is 1.88. The van der Waals surface area contributed by atoms with Crippen LogP contribution in [-0.2, 0) is 20.0 Å². The molecule has 2 heterocycles. The zero-order valence-electron chi connectivity index (χ0n) is 12.5. The second-order valence-electron chi connectivity index (χ2n) is 5.51. The number of hydrogen-bond donors (Lipinski definition) is 0. The Hall–Kier alpha value is -1.55. The van der Waals surface area contributed by atoms with E-state index in [9.17, 15) is 0 Å². The van der Waals surface area contributed by atoms with Crippen LogP contribution in [0.25, 0.3) is 10.9 Å². The van der Waals surface area contributed by atoms with Gasteiger partial charge in [-0.3, -0.25) is 0 Å². The maximum atomic E-state index is 4.48. The number of aromatic nitrogens is 3. The van der Waals surface area contributed by atoms with Gasteiger partial charge in [-0.1, -0.05) is 19.4 Å². The van der Waals surface area contributed by atoms with Crippen molar-refractivity contribution in [2.75, 3.05) is 0 Å². The molecule has 0 atom stereocenters. The third-order valence-corrected chi connectivity index (χ3v) is 4.55. The van der Waals surface area contributed by atoms with Gasteiger partial charge in [-0.25, -0.2) is 4.98 Å². The molecule has 0 saturated carbocycles. The Morgan fingerprint density at radius 3 is 2.95 bits per heavy atom. The Morgan fingerprint density at radius 2 is 2.14 bits per heavy atom. The number of fused-ring (bicyclic) bond motifs is 1. The summed E-state index contributed by atoms with van der Waals surface area (Å²) in [5.41, 5.74) is 2.56. The summed E-state index contributed by atoms with van der Waals surface area (Å²) in [5.74, 6) is 1.18. The molecular formula is C17H20BrN3. The average Bonchev–Trinajstić information content (AvgIpc) is 3.02. The van der Waals surface area contributed by atoms with E-state index in [1.807, 2.05) is 6.20 Å². The molecule has 3 rings (SSSR count). The van der Waals surface area contributed by atoms with Crippen LogP contribution in [-0.4, -0.2) is 14.1 Å². The lowest BCUT2D eigenvalue weighted by atomic mass is 10.1. The summed E-state index contributed by atoms with van der Waals surface area (Å²) in [6.45, 7) is 3.10. The predicted molar refractivity (Wildman–Crippen MR) is 90.6 cm³/mol. The van der Waals surface area contributed by atoms with E-state index in [-0.39, 0.29) is 0 Å². The predicted octanol–water partition coefficient (Wildman–Crippen LogP) is 4.53. The smallest absolute Gasteiger partial charge is 0.108 e. The number of rotatable bonds is 5. The molecule has 0 bridgehead atoms. The molecule has 0 aliphatic rings. The van der Waals surface area contributed by atoms with Crippen LogP contribution in [0.15, 0.2) is 41.3 Å². The number of imidazole rings is 1. The van der Waals surface area contributed by atoms with Crippen molar-refractivity contribution < 1.29 is 0 Å². The van der Waals surface area contributed by atoms with Crippen molar-refractivity contribution in [3.63, 3.8) is 0 Å². The highest BCUT2D eigenvalue weighted by Crippen LogP contribution is 2.26. The van der Waals surface area contributed by atoms with Crippen molar-refractivity contribution in [1.29, 1.82) is 0 Å². The first-order valence-corrected chi connectivity index (χ1v) is 8.22. The van der Waals surface area contributed by atoms with Gasteiger partial charge < -0.3 is 9.13 Å². The number of unbranched alkanes of at least 4 members (excludes halogenated alkanes) is 1. The van der Waals surface area contributed by atoms with Gasteiger partial charge in [0.1, 0.15) is 5.82 Å². The first-order valence-electron chi connectivity index (χ1n) is 7.42. The van der Waals surface area contributed by atoms with Crippen molar-refractivity contribution in [1.82, 2.24) is 14.1 Å². The standard InChI is InChI=1S/C17H20BrN3/c1-3-4-5-17-19-8-9-21(17)11-13-6-7-16-14(10-13)15(18)12-20(16)2/h6-10,12H,3-5,11H2,1-2H3. The lowest BCUT2D eigenvalue weighted by molar-refractivity contribution is 0.678. The molecule has 0 fully saturated rings. The number of nitrogens with zero attached hydrogens (tertiary/aromatic N) is 3. The third-order valence-electron chi connectivity index (χ3n) is 3.91. The third kappa shape index (κ3) is 2.91. The fraction of sp³-hybridized carbons (Fsp3) is 0.353. The molecule has 0 aliphatic carbocycles. The van der Waals surface area contributed by atoms with Crippen LogP contribution < -0.4 is 0 Å². The largest absolute Gasteiger partial charge is 0.349 e. The zero-order valence-corrected chi connectivity index (χ0v) is 14.1. The van der Waals surface area contributed by atoms with Crippen molar-refractivity contribution in [3.8, 4) is 0 Å². The van der Waals surface area contributed by atoms with Crippen LogP contribution in [0, 0.1) is 0 Å². The van der Waals surface area contributed by atoms with Crippen molar-refractivity contribution in [3.05, 3.63) is 52.7 Å². The van der Waals surface area contributed by atoms with Crippen LogP contribution in [0.1, 0.15) is 31.2 Å². The maximum Gasteiger partial charge on any atom is 0.108 e. The van der Waals surface area contributed by atoms with E-state index in [0.717, 1.165) is 17.4 Å². The Kier molecular flexibility index (Phi) is 4.15. The molecule has 21 heavy (non-hydrogen) atoms. The van der Waals surface area contributed by atoms with Crippen LogP contribution in [0.5, 0.6) is 0 Å². The van der Waals surface area contributed by atoms with Crippen LogP contribution in [0.4, 0.5) is 0 Å². The van der Waals surface area contributed by atoms with Gasteiger partial charge >= 0.3 is 0 Å². The molecule has 0 spiro atoms. The molecule has 1 aromatic carbocycles. The fourth-order valence-electron chi connectivity index (χ4n) is 2.73. The van der Waals surface area contributed by atoms with E-state index in [1.54, 1.807) is 0 Å². The fourth-order valence-corrected chi connectivity index (χ4v) is 3.36. The SMILES string of the molecule is CCCCc1nccn1Cc1ccc2c(c1)c(Br)cn2C. The quantitative estimate of drug-likeness (QED) is 0.666. The highest BCUT2D eigenvalue weighted by molar-refractivity contribution is 9.10. The van der Waals surface area contributed by atoms with Gasteiger partial charge in [0.25, 0.3) is 0 Å². The van der Waals surface area contributed by atoms with Gasteiger partial charge in [0, 0.05) is 54.0 Å². The molecule has 4 heteroatoms. The Labute approximate surface area is 133 Å². The molecule has 110 valence electrons. The zero-order chi connectivity index (χ0) is 14.8. The summed E-state index contributed by atoms with van der Waals surface area (Å²) in [6.07, 6.45) is 9.55. The minimum Gasteiger partial charge on any atom is -0.349 e. The summed E-state index contributed by atoms with van der Waals surface area (Å²) >= 11 is 3.64. The number of hydrogen-bond acceptors (Lipinski definition) is 1. The van der Waals surface area contributed by atoms with Crippen LogP contribution in [0.3, 0.4) is 0 Å². The van der Waals surface area contributed by atoms with Gasteiger partial charge in [0.15, 0.2) is 0 Å². The number of halogens is 1. The summed E-state index contributed by atoms with van der Waals surface area (Å²) in [6, 6.07) is 6.67. The highest BCUT2D eigenvalue weighted by atomic mass is 79.9. The number of benzene rings is 1. The van der Waals surface area contributed by atoms with Crippen LogP contribution >= 0.6 is 15.9 Å². The molecule has 0 amide bonds. The maximum absolute atomic E-state index is 4.48. The van der Waals surface area contributed by atoms with E-state index in [1.165, 1.54) is 35.1 Å². The topological polar surface area (TPSA) is 22.8 Å². The van der Waals surface area contributed by atoms with Gasteiger partial charge in [-0.05, 0) is 40.0 Å². The molecule has 0 unspecified atom stereocenters. The molecule has 3 nitrogen and oxygen atoms in total. The van der Waals surface area contributed by atoms with Crippen LogP contribution in [0.2, 0.25) is 0 Å². The van der Waals surface area contributed by atoms with Gasteiger partial charge in [-0.2, -0.15) is 0 Å². The average molecular weight is 346 g/mol. The molecule has 0 saturated heterocycles. The first kappa shape index (κ1) is 14.4. The van der Waals surface area contributed by atoms with Crippen molar-refractivity contribution >= 4 is 26.8 Å². The lowest BCUT2D eigenvalue weighted by Gasteiger charge is -2.08. The molecule has 0 N–H and O–H groups in total. The van der Waals surface area contributed by atoms with Crippen molar-refractivity contribution in [2.45, 2.75) is 32.7 Å². The first-order chi connectivity index (χ1) is 10.2. The van der Waals surface area contributed by atoms with Gasteiger partial charge in [0.2, 0.25) is 0 Å². The van der Waals surface area contributed by atoms with E-state index < -0.39 is 0 Å².